The number of rotatable bonds is 4. The third-order valence-corrected chi connectivity index (χ3v) is 1.67. The van der Waals surface area contributed by atoms with Gasteiger partial charge in [-0.25, -0.2) is 0 Å². The molecule has 0 rings (SSSR count). The minimum atomic E-state index is 0.629. The highest BCUT2D eigenvalue weighted by Gasteiger charge is 1.87. The summed E-state index contributed by atoms with van der Waals surface area (Å²) in [5.74, 6) is 0. The summed E-state index contributed by atoms with van der Waals surface area (Å²) in [6.45, 7) is 6.32. The molecule has 0 aromatic rings. The topological polar surface area (TPSA) is 26.0 Å². The first-order chi connectivity index (χ1) is 4.35. The maximum atomic E-state index is 5.41. The number of hydrogen-bond donors (Lipinski definition) is 1. The summed E-state index contributed by atoms with van der Waals surface area (Å²) in [5.41, 5.74) is 5.41. The van der Waals surface area contributed by atoms with Crippen LogP contribution in [0.5, 0.6) is 0 Å². The van der Waals surface area contributed by atoms with Crippen molar-refractivity contribution in [2.45, 2.75) is 13.3 Å². The van der Waals surface area contributed by atoms with Crippen LogP contribution >= 0.6 is 11.8 Å². The van der Waals surface area contributed by atoms with Crippen molar-refractivity contribution in [2.24, 2.45) is 5.73 Å². The van der Waals surface area contributed by atoms with Gasteiger partial charge in [0.1, 0.15) is 0 Å². The van der Waals surface area contributed by atoms with Gasteiger partial charge < -0.3 is 5.73 Å². The predicted molar refractivity (Wildman–Crippen MR) is 45.2 cm³/mol. The summed E-state index contributed by atoms with van der Waals surface area (Å²) in [5, 5.41) is 1.80. The molecule has 0 aliphatic rings. The Kier molecular flexibility index (Phi) is 5.78. The number of hydrogen-bond acceptors (Lipinski definition) is 2. The largest absolute Gasteiger partial charge is 0.326 e. The molecular weight excluding hydrogens is 130 g/mol. The smallest absolute Gasteiger partial charge is 0.0239 e. The van der Waals surface area contributed by atoms with Crippen LogP contribution in [-0.4, -0.2) is 6.54 Å². The van der Waals surface area contributed by atoms with E-state index >= 15 is 0 Å². The van der Waals surface area contributed by atoms with Gasteiger partial charge in [0.15, 0.2) is 0 Å². The highest BCUT2D eigenvalue weighted by atomic mass is 32.2. The molecule has 9 heavy (non-hydrogen) atoms. The first-order valence-corrected chi connectivity index (χ1v) is 3.89. The maximum Gasteiger partial charge on any atom is 0.0239 e. The van der Waals surface area contributed by atoms with Gasteiger partial charge in [0.2, 0.25) is 0 Å². The summed E-state index contributed by atoms with van der Waals surface area (Å²) >= 11 is 1.60. The Morgan fingerprint density at radius 2 is 2.44 bits per heavy atom. The first-order valence-electron chi connectivity index (χ1n) is 3.01. The zero-order valence-electron chi connectivity index (χ0n) is 5.76. The SMILES string of the molecule is C=CS/C(=C\CC)CN. The Labute approximate surface area is 61.0 Å². The molecule has 2 heteroatoms. The number of thioether (sulfide) groups is 1. The van der Waals surface area contributed by atoms with E-state index in [1.54, 1.807) is 17.2 Å². The lowest BCUT2D eigenvalue weighted by Crippen LogP contribution is -1.98. The van der Waals surface area contributed by atoms with Crippen LogP contribution in [0.1, 0.15) is 13.3 Å². The molecule has 0 amide bonds. The molecule has 0 spiro atoms. The van der Waals surface area contributed by atoms with Crippen molar-refractivity contribution in [2.75, 3.05) is 6.54 Å². The Bertz CT molecular complexity index is 107. The summed E-state index contributed by atoms with van der Waals surface area (Å²) in [6, 6.07) is 0. The molecule has 52 valence electrons. The van der Waals surface area contributed by atoms with Crippen molar-refractivity contribution in [1.29, 1.82) is 0 Å². The zero-order chi connectivity index (χ0) is 7.11. The molecule has 0 saturated heterocycles. The predicted octanol–water partition coefficient (Wildman–Crippen LogP) is 2.12. The fourth-order valence-corrected chi connectivity index (χ4v) is 1.09. The highest BCUT2D eigenvalue weighted by Crippen LogP contribution is 2.14. The lowest BCUT2D eigenvalue weighted by atomic mass is 10.4. The van der Waals surface area contributed by atoms with Gasteiger partial charge in [0, 0.05) is 6.54 Å². The zero-order valence-corrected chi connectivity index (χ0v) is 6.58. The van der Waals surface area contributed by atoms with Gasteiger partial charge in [0.25, 0.3) is 0 Å². The third-order valence-electron chi connectivity index (χ3n) is 0.868. The monoisotopic (exact) mass is 143 g/mol. The standard InChI is InChI=1S/C7H13NS/c1-3-5-7(6-8)9-4-2/h4-5H,2-3,6,8H2,1H3/b7-5-. The highest BCUT2D eigenvalue weighted by molar-refractivity contribution is 8.05. The minimum Gasteiger partial charge on any atom is -0.326 e. The van der Waals surface area contributed by atoms with Gasteiger partial charge in [-0.1, -0.05) is 19.6 Å². The molecule has 0 unspecified atom stereocenters. The maximum absolute atomic E-state index is 5.41. The molecule has 0 aliphatic heterocycles. The second kappa shape index (κ2) is 5.92. The molecule has 0 heterocycles. The van der Waals surface area contributed by atoms with Crippen LogP contribution in [0.2, 0.25) is 0 Å². The second-order valence-corrected chi connectivity index (χ2v) is 2.66. The molecule has 0 fully saturated rings. The molecule has 2 N–H and O–H groups in total. The Morgan fingerprint density at radius 1 is 1.78 bits per heavy atom. The van der Waals surface area contributed by atoms with E-state index in [2.05, 4.69) is 19.6 Å². The van der Waals surface area contributed by atoms with E-state index in [9.17, 15) is 0 Å². The Morgan fingerprint density at radius 3 is 2.78 bits per heavy atom. The van der Waals surface area contributed by atoms with Crippen molar-refractivity contribution in [3.05, 3.63) is 23.0 Å². The van der Waals surface area contributed by atoms with E-state index in [0.29, 0.717) is 6.54 Å². The molecule has 0 atom stereocenters. The molecule has 0 bridgehead atoms. The lowest BCUT2D eigenvalue weighted by molar-refractivity contribution is 1.16. The molecule has 0 saturated carbocycles. The third kappa shape index (κ3) is 4.30. The van der Waals surface area contributed by atoms with Gasteiger partial charge in [0.05, 0.1) is 0 Å². The normalized spacial score (nSPS) is 11.6. The van der Waals surface area contributed by atoms with Gasteiger partial charge in [-0.05, 0) is 16.7 Å². The van der Waals surface area contributed by atoms with Crippen LogP contribution in [0, 0.1) is 0 Å². The second-order valence-electron chi connectivity index (χ2n) is 1.57. The van der Waals surface area contributed by atoms with Crippen LogP contribution in [0.4, 0.5) is 0 Å². The van der Waals surface area contributed by atoms with E-state index < -0.39 is 0 Å². The van der Waals surface area contributed by atoms with E-state index in [1.165, 1.54) is 4.91 Å². The van der Waals surface area contributed by atoms with Crippen LogP contribution < -0.4 is 5.73 Å². The molecule has 0 radical (unpaired) electrons. The van der Waals surface area contributed by atoms with Crippen molar-refractivity contribution < 1.29 is 0 Å². The Hall–Kier alpha value is -0.210. The lowest BCUT2D eigenvalue weighted by Gasteiger charge is -1.96. The number of nitrogens with two attached hydrogens (primary N) is 1. The fraction of sp³-hybridized carbons (Fsp3) is 0.429. The summed E-state index contributed by atoms with van der Waals surface area (Å²) in [6.07, 6.45) is 3.17. The van der Waals surface area contributed by atoms with Gasteiger partial charge in [-0.15, -0.1) is 11.8 Å². The minimum absolute atomic E-state index is 0.629. The molecule has 1 nitrogen and oxygen atoms in total. The molecule has 0 aromatic carbocycles. The van der Waals surface area contributed by atoms with E-state index in [4.69, 9.17) is 5.73 Å². The van der Waals surface area contributed by atoms with Crippen LogP contribution in [0.25, 0.3) is 0 Å². The summed E-state index contributed by atoms with van der Waals surface area (Å²) in [7, 11) is 0. The van der Waals surface area contributed by atoms with Gasteiger partial charge >= 0.3 is 0 Å². The van der Waals surface area contributed by atoms with Crippen molar-refractivity contribution >= 4 is 11.8 Å². The fourth-order valence-electron chi connectivity index (χ4n) is 0.514. The average molecular weight is 143 g/mol. The molecular formula is C7H13NS. The Balaban J connectivity index is 3.65. The van der Waals surface area contributed by atoms with E-state index in [0.717, 1.165) is 6.42 Å². The molecule has 0 aromatic heterocycles. The first kappa shape index (κ1) is 8.79. The van der Waals surface area contributed by atoms with Crippen molar-refractivity contribution in [3.63, 3.8) is 0 Å². The van der Waals surface area contributed by atoms with Gasteiger partial charge in [-0.2, -0.15) is 0 Å². The molecule has 0 aliphatic carbocycles. The summed E-state index contributed by atoms with van der Waals surface area (Å²) in [4.78, 5) is 1.20. The van der Waals surface area contributed by atoms with Crippen molar-refractivity contribution in [3.8, 4) is 0 Å². The van der Waals surface area contributed by atoms with E-state index in [1.807, 2.05) is 0 Å². The van der Waals surface area contributed by atoms with Gasteiger partial charge in [-0.3, -0.25) is 0 Å². The van der Waals surface area contributed by atoms with E-state index in [-0.39, 0.29) is 0 Å². The van der Waals surface area contributed by atoms with Crippen LogP contribution in [0.3, 0.4) is 0 Å². The van der Waals surface area contributed by atoms with Crippen LogP contribution in [0.15, 0.2) is 23.0 Å². The quantitative estimate of drug-likeness (QED) is 0.652. The van der Waals surface area contributed by atoms with Crippen LogP contribution in [-0.2, 0) is 0 Å². The average Bonchev–Trinajstić information content (AvgIpc) is 1.88. The van der Waals surface area contributed by atoms with Crippen molar-refractivity contribution in [1.82, 2.24) is 0 Å². The number of allylic oxidation sites excluding steroid dienone is 1. The summed E-state index contributed by atoms with van der Waals surface area (Å²) < 4.78 is 0.